The molecule has 1 aromatic carbocycles. The molecule has 0 spiro atoms. The summed E-state index contributed by atoms with van der Waals surface area (Å²) in [6.07, 6.45) is 1.95. The molecule has 1 rings (SSSR count). The fraction of sp³-hybridized carbons (Fsp3) is 0.562. The smallest absolute Gasteiger partial charge is 0.254 e. The molecule has 3 nitrogen and oxygen atoms in total. The zero-order chi connectivity index (χ0) is 16.0. The van der Waals surface area contributed by atoms with E-state index in [0.29, 0.717) is 19.0 Å². The first-order chi connectivity index (χ1) is 9.98. The molecule has 0 aromatic heterocycles. The number of carbonyl (C=O) groups is 1. The molecule has 1 aromatic rings. The number of anilines is 1. The summed E-state index contributed by atoms with van der Waals surface area (Å²) >= 11 is 0. The van der Waals surface area contributed by atoms with Gasteiger partial charge in [-0.05, 0) is 25.0 Å². The zero-order valence-corrected chi connectivity index (χ0v) is 13.2. The molecule has 0 radical (unpaired) electrons. The summed E-state index contributed by atoms with van der Waals surface area (Å²) in [5.74, 6) is -1.43. The van der Waals surface area contributed by atoms with E-state index in [1.54, 1.807) is 4.90 Å². The molecule has 0 bridgehead atoms. The van der Waals surface area contributed by atoms with Crippen LogP contribution in [0.25, 0.3) is 0 Å². The van der Waals surface area contributed by atoms with E-state index in [1.165, 1.54) is 7.05 Å². The largest absolute Gasteiger partial charge is 0.383 e. The lowest BCUT2D eigenvalue weighted by Gasteiger charge is -2.25. The molecule has 0 unspecified atom stereocenters. The highest BCUT2D eigenvalue weighted by molar-refractivity contribution is 5.94. The number of hydrogen-bond donors (Lipinski definition) is 1. The molecule has 0 saturated heterocycles. The van der Waals surface area contributed by atoms with Crippen molar-refractivity contribution in [2.75, 3.05) is 25.5 Å². The van der Waals surface area contributed by atoms with Crippen LogP contribution >= 0.6 is 0 Å². The van der Waals surface area contributed by atoms with Crippen molar-refractivity contribution in [3.63, 3.8) is 0 Å². The van der Waals surface area contributed by atoms with Crippen LogP contribution in [0.5, 0.6) is 0 Å². The second kappa shape index (κ2) is 7.96. The highest BCUT2D eigenvalue weighted by atomic mass is 19.1. The van der Waals surface area contributed by atoms with Crippen LogP contribution in [0.2, 0.25) is 0 Å². The Balaban J connectivity index is 3.00. The summed E-state index contributed by atoms with van der Waals surface area (Å²) in [4.78, 5) is 14.1. The molecule has 5 heteroatoms. The first-order valence-corrected chi connectivity index (χ1v) is 7.44. The van der Waals surface area contributed by atoms with Crippen molar-refractivity contribution < 1.29 is 13.6 Å². The highest BCUT2D eigenvalue weighted by Gasteiger charge is 2.20. The van der Waals surface area contributed by atoms with Crippen molar-refractivity contribution in [3.8, 4) is 0 Å². The van der Waals surface area contributed by atoms with Crippen LogP contribution in [0, 0.1) is 17.6 Å². The normalized spacial score (nSPS) is 10.8. The molecule has 118 valence electrons. The number of nitrogens with one attached hydrogen (secondary N) is 1. The summed E-state index contributed by atoms with van der Waals surface area (Å²) in [5.41, 5.74) is -0.161. The number of hydrogen-bond acceptors (Lipinski definition) is 2. The van der Waals surface area contributed by atoms with E-state index in [9.17, 15) is 13.6 Å². The van der Waals surface area contributed by atoms with E-state index < -0.39 is 11.6 Å². The minimum absolute atomic E-state index is 0.0526. The topological polar surface area (TPSA) is 32.3 Å². The van der Waals surface area contributed by atoms with E-state index >= 15 is 0 Å². The molecule has 0 atom stereocenters. The van der Waals surface area contributed by atoms with Crippen molar-refractivity contribution in [2.45, 2.75) is 33.6 Å². The molecule has 0 aliphatic carbocycles. The predicted octanol–water partition coefficient (Wildman–Crippen LogP) is 3.90. The van der Waals surface area contributed by atoms with Gasteiger partial charge in [0.2, 0.25) is 0 Å². The third-order valence-electron chi connectivity index (χ3n) is 3.84. The molecular weight excluding hydrogens is 274 g/mol. The average Bonchev–Trinajstić information content (AvgIpc) is 2.47. The van der Waals surface area contributed by atoms with Gasteiger partial charge in [-0.3, -0.25) is 4.79 Å². The van der Waals surface area contributed by atoms with Crippen molar-refractivity contribution in [2.24, 2.45) is 5.92 Å². The minimum atomic E-state index is -0.751. The van der Waals surface area contributed by atoms with Gasteiger partial charge in [0.1, 0.15) is 17.3 Å². The lowest BCUT2D eigenvalue weighted by Crippen LogP contribution is -2.35. The van der Waals surface area contributed by atoms with Crippen LogP contribution in [0.1, 0.15) is 44.0 Å². The quantitative estimate of drug-likeness (QED) is 0.828. The maximum atomic E-state index is 13.8. The maximum absolute atomic E-state index is 13.8. The standard InChI is InChI=1S/C16H24F2N2O/c1-5-11(6-2)10-20(7-3)16(21)12-8-13(17)15(19-4)14(18)9-12/h8-9,11,19H,5-7,10H2,1-4H3. The van der Waals surface area contributed by atoms with Crippen LogP contribution in [-0.2, 0) is 0 Å². The highest BCUT2D eigenvalue weighted by Crippen LogP contribution is 2.21. The predicted molar refractivity (Wildman–Crippen MR) is 81.6 cm³/mol. The van der Waals surface area contributed by atoms with E-state index in [-0.39, 0.29) is 17.2 Å². The SMILES string of the molecule is CCC(CC)CN(CC)C(=O)c1cc(F)c(NC)c(F)c1. The summed E-state index contributed by atoms with van der Waals surface area (Å²) in [5, 5.41) is 2.45. The molecule has 0 aliphatic heterocycles. The van der Waals surface area contributed by atoms with Gasteiger partial charge in [0.05, 0.1) is 0 Å². The Kier molecular flexibility index (Phi) is 6.59. The van der Waals surface area contributed by atoms with Crippen LogP contribution in [0.3, 0.4) is 0 Å². The van der Waals surface area contributed by atoms with Crippen molar-refractivity contribution in [3.05, 3.63) is 29.3 Å². The third-order valence-corrected chi connectivity index (χ3v) is 3.84. The van der Waals surface area contributed by atoms with E-state index in [1.807, 2.05) is 6.92 Å². The first kappa shape index (κ1) is 17.4. The van der Waals surface area contributed by atoms with E-state index in [2.05, 4.69) is 19.2 Å². The molecule has 1 N–H and O–H groups in total. The Hall–Kier alpha value is -1.65. The third kappa shape index (κ3) is 4.16. The van der Waals surface area contributed by atoms with Gasteiger partial charge < -0.3 is 10.2 Å². The maximum Gasteiger partial charge on any atom is 0.254 e. The van der Waals surface area contributed by atoms with Crippen molar-refractivity contribution in [1.82, 2.24) is 4.90 Å². The molecule has 0 saturated carbocycles. The van der Waals surface area contributed by atoms with Crippen LogP contribution in [0.15, 0.2) is 12.1 Å². The lowest BCUT2D eigenvalue weighted by atomic mass is 10.0. The van der Waals surface area contributed by atoms with Crippen LogP contribution in [0.4, 0.5) is 14.5 Å². The molecule has 0 fully saturated rings. The molecule has 0 aliphatic rings. The summed E-state index contributed by atoms with van der Waals surface area (Å²) in [6.45, 7) is 7.15. The van der Waals surface area contributed by atoms with E-state index in [4.69, 9.17) is 0 Å². The van der Waals surface area contributed by atoms with Gasteiger partial charge in [-0.2, -0.15) is 0 Å². The van der Waals surface area contributed by atoms with Gasteiger partial charge in [0, 0.05) is 25.7 Å². The Morgan fingerprint density at radius 2 is 1.71 bits per heavy atom. The summed E-state index contributed by atoms with van der Waals surface area (Å²) < 4.78 is 27.5. The summed E-state index contributed by atoms with van der Waals surface area (Å²) in [6, 6.07) is 2.18. The van der Waals surface area contributed by atoms with Crippen LogP contribution in [-0.4, -0.2) is 30.9 Å². The number of amides is 1. The number of carbonyl (C=O) groups excluding carboxylic acids is 1. The van der Waals surface area contributed by atoms with E-state index in [0.717, 1.165) is 25.0 Å². The van der Waals surface area contributed by atoms with Crippen LogP contribution < -0.4 is 5.32 Å². The average molecular weight is 298 g/mol. The van der Waals surface area contributed by atoms with Crippen molar-refractivity contribution in [1.29, 1.82) is 0 Å². The molecule has 21 heavy (non-hydrogen) atoms. The first-order valence-electron chi connectivity index (χ1n) is 7.44. The lowest BCUT2D eigenvalue weighted by molar-refractivity contribution is 0.0734. The zero-order valence-electron chi connectivity index (χ0n) is 13.2. The fourth-order valence-electron chi connectivity index (χ4n) is 2.33. The number of benzene rings is 1. The number of rotatable bonds is 7. The van der Waals surface area contributed by atoms with Gasteiger partial charge in [-0.25, -0.2) is 8.78 Å². The number of halogens is 2. The second-order valence-corrected chi connectivity index (χ2v) is 5.09. The monoisotopic (exact) mass is 298 g/mol. The number of nitrogens with zero attached hydrogens (tertiary/aromatic N) is 1. The Morgan fingerprint density at radius 3 is 2.10 bits per heavy atom. The second-order valence-electron chi connectivity index (χ2n) is 5.09. The Labute approximate surface area is 125 Å². The molecule has 1 amide bonds. The fourth-order valence-corrected chi connectivity index (χ4v) is 2.33. The van der Waals surface area contributed by atoms with Gasteiger partial charge >= 0.3 is 0 Å². The van der Waals surface area contributed by atoms with Gasteiger partial charge in [0.15, 0.2) is 0 Å². The van der Waals surface area contributed by atoms with Gasteiger partial charge in [-0.15, -0.1) is 0 Å². The minimum Gasteiger partial charge on any atom is -0.383 e. The Morgan fingerprint density at radius 1 is 1.19 bits per heavy atom. The molecular formula is C16H24F2N2O. The van der Waals surface area contributed by atoms with Crippen molar-refractivity contribution >= 4 is 11.6 Å². The van der Waals surface area contributed by atoms with Gasteiger partial charge in [-0.1, -0.05) is 26.7 Å². The Bertz CT molecular complexity index is 464. The summed E-state index contributed by atoms with van der Waals surface area (Å²) in [7, 11) is 1.44. The molecule has 0 heterocycles. The van der Waals surface area contributed by atoms with Gasteiger partial charge in [0.25, 0.3) is 5.91 Å².